The maximum Gasteiger partial charge on any atom is 0.573 e. The minimum atomic E-state index is -4.74. The summed E-state index contributed by atoms with van der Waals surface area (Å²) in [5, 5.41) is 19.7. The summed E-state index contributed by atoms with van der Waals surface area (Å²) < 4.78 is 46.4. The summed E-state index contributed by atoms with van der Waals surface area (Å²) in [6, 6.07) is 7.17. The van der Waals surface area contributed by atoms with E-state index in [1.165, 1.54) is 24.3 Å². The topological polar surface area (TPSA) is 58.9 Å². The van der Waals surface area contributed by atoms with Gasteiger partial charge in [-0.3, -0.25) is 0 Å². The Morgan fingerprint density at radius 1 is 1.24 bits per heavy atom. The largest absolute Gasteiger partial charge is 0.573 e. The average Bonchev–Trinajstić information content (AvgIpc) is 3.02. The van der Waals surface area contributed by atoms with Gasteiger partial charge in [0.25, 0.3) is 0 Å². The molecule has 4 nitrogen and oxygen atoms in total. The minimum Gasteiger partial charge on any atom is -0.492 e. The van der Waals surface area contributed by atoms with Crippen LogP contribution in [0.15, 0.2) is 30.3 Å². The number of fused-ring (bicyclic) bond motifs is 1. The van der Waals surface area contributed by atoms with Gasteiger partial charge in [-0.15, -0.1) is 13.2 Å². The highest BCUT2D eigenvalue weighted by Crippen LogP contribution is 2.42. The molecule has 1 unspecified atom stereocenters. The first-order chi connectivity index (χ1) is 11.8. The predicted molar refractivity (Wildman–Crippen MR) is 84.3 cm³/mol. The molecule has 0 saturated heterocycles. The van der Waals surface area contributed by atoms with E-state index in [2.05, 4.69) is 4.74 Å². The number of hydrogen-bond acceptors (Lipinski definition) is 4. The Hall–Kier alpha value is -2.25. The molecule has 0 amide bonds. The normalized spacial score (nSPS) is 14.8. The van der Waals surface area contributed by atoms with E-state index in [-0.39, 0.29) is 12.4 Å². The van der Waals surface area contributed by atoms with E-state index in [1.807, 2.05) is 0 Å². The Kier molecular flexibility index (Phi) is 4.62. The molecule has 2 N–H and O–H groups in total. The number of aliphatic hydroxyl groups excluding tert-OH is 2. The van der Waals surface area contributed by atoms with Crippen LogP contribution in [-0.4, -0.2) is 23.2 Å². The maximum absolute atomic E-state index is 12.3. The van der Waals surface area contributed by atoms with Gasteiger partial charge in [0.05, 0.1) is 19.3 Å². The lowest BCUT2D eigenvalue weighted by Gasteiger charge is -2.18. The van der Waals surface area contributed by atoms with Crippen LogP contribution in [0.4, 0.5) is 13.2 Å². The summed E-state index contributed by atoms with van der Waals surface area (Å²) in [7, 11) is 0. The molecule has 0 saturated carbocycles. The lowest BCUT2D eigenvalue weighted by molar-refractivity contribution is -0.274. The molecule has 2 aromatic rings. The molecule has 25 heavy (non-hydrogen) atoms. The standard InChI is InChI=1S/C18H17F3O4/c1-10(23)14-8-15(17-13(6-7-24-17)16(14)9-22)11-2-4-12(5-3-11)25-18(19,20)21/h2-5,8,10,22-23H,6-7,9H2,1H3. The quantitative estimate of drug-likeness (QED) is 0.878. The van der Waals surface area contributed by atoms with E-state index < -0.39 is 12.5 Å². The second kappa shape index (κ2) is 6.57. The van der Waals surface area contributed by atoms with Crippen LogP contribution in [0.5, 0.6) is 11.5 Å². The van der Waals surface area contributed by atoms with Crippen molar-refractivity contribution in [3.8, 4) is 22.6 Å². The van der Waals surface area contributed by atoms with Crippen molar-refractivity contribution >= 4 is 0 Å². The number of benzene rings is 2. The maximum atomic E-state index is 12.3. The second-order valence-corrected chi connectivity index (χ2v) is 5.80. The molecular formula is C18H17F3O4. The molecule has 2 aromatic carbocycles. The summed E-state index contributed by atoms with van der Waals surface area (Å²) in [6.07, 6.45) is -4.93. The van der Waals surface area contributed by atoms with Gasteiger partial charge in [-0.2, -0.15) is 0 Å². The predicted octanol–water partition coefficient (Wildman–Crippen LogP) is 3.73. The van der Waals surface area contributed by atoms with Crippen LogP contribution in [0.1, 0.15) is 29.7 Å². The lowest BCUT2D eigenvalue weighted by Crippen LogP contribution is -2.16. The van der Waals surface area contributed by atoms with Crippen LogP contribution in [0, 0.1) is 0 Å². The zero-order valence-corrected chi connectivity index (χ0v) is 13.4. The van der Waals surface area contributed by atoms with Crippen LogP contribution >= 0.6 is 0 Å². The molecule has 7 heteroatoms. The van der Waals surface area contributed by atoms with Crippen molar-refractivity contribution in [2.24, 2.45) is 0 Å². The third-order valence-corrected chi connectivity index (χ3v) is 4.14. The smallest absolute Gasteiger partial charge is 0.492 e. The number of alkyl halides is 3. The Labute approximate surface area is 142 Å². The van der Waals surface area contributed by atoms with Gasteiger partial charge in [-0.1, -0.05) is 12.1 Å². The monoisotopic (exact) mass is 354 g/mol. The van der Waals surface area contributed by atoms with E-state index in [1.54, 1.807) is 13.0 Å². The number of aliphatic hydroxyl groups is 2. The zero-order chi connectivity index (χ0) is 18.2. The highest BCUT2D eigenvalue weighted by Gasteiger charge is 2.31. The van der Waals surface area contributed by atoms with Gasteiger partial charge in [-0.05, 0) is 41.8 Å². The summed E-state index contributed by atoms with van der Waals surface area (Å²) in [4.78, 5) is 0. The SMILES string of the molecule is CC(O)c1cc(-c2ccc(OC(F)(F)F)cc2)c2c(c1CO)CCO2. The van der Waals surface area contributed by atoms with Gasteiger partial charge in [-0.25, -0.2) is 0 Å². The van der Waals surface area contributed by atoms with E-state index in [4.69, 9.17) is 4.74 Å². The third kappa shape index (κ3) is 3.57. The van der Waals surface area contributed by atoms with Gasteiger partial charge < -0.3 is 19.7 Å². The highest BCUT2D eigenvalue weighted by molar-refractivity contribution is 5.75. The Morgan fingerprint density at radius 3 is 2.48 bits per heavy atom. The molecule has 0 spiro atoms. The summed E-state index contributed by atoms with van der Waals surface area (Å²) in [6.45, 7) is 1.83. The van der Waals surface area contributed by atoms with Gasteiger partial charge >= 0.3 is 6.36 Å². The molecule has 1 atom stereocenters. The molecule has 1 aliphatic heterocycles. The van der Waals surface area contributed by atoms with E-state index in [0.29, 0.717) is 41.0 Å². The molecule has 0 aromatic heterocycles. The molecule has 134 valence electrons. The van der Waals surface area contributed by atoms with Crippen molar-refractivity contribution in [2.45, 2.75) is 32.4 Å². The summed E-state index contributed by atoms with van der Waals surface area (Å²) in [5.41, 5.74) is 3.35. The fourth-order valence-electron chi connectivity index (χ4n) is 3.08. The van der Waals surface area contributed by atoms with Crippen LogP contribution in [0.25, 0.3) is 11.1 Å². The summed E-state index contributed by atoms with van der Waals surface area (Å²) in [5.74, 6) is 0.287. The van der Waals surface area contributed by atoms with Crippen molar-refractivity contribution in [1.29, 1.82) is 0 Å². The van der Waals surface area contributed by atoms with Crippen LogP contribution in [0.2, 0.25) is 0 Å². The van der Waals surface area contributed by atoms with E-state index in [9.17, 15) is 23.4 Å². The van der Waals surface area contributed by atoms with Crippen molar-refractivity contribution in [1.82, 2.24) is 0 Å². The Balaban J connectivity index is 2.05. The fourth-order valence-corrected chi connectivity index (χ4v) is 3.08. The minimum absolute atomic E-state index is 0.218. The van der Waals surface area contributed by atoms with Crippen LogP contribution < -0.4 is 9.47 Å². The Morgan fingerprint density at radius 2 is 1.92 bits per heavy atom. The Bertz CT molecular complexity index is 767. The zero-order valence-electron chi connectivity index (χ0n) is 13.4. The highest BCUT2D eigenvalue weighted by atomic mass is 19.4. The van der Waals surface area contributed by atoms with Crippen LogP contribution in [-0.2, 0) is 13.0 Å². The third-order valence-electron chi connectivity index (χ3n) is 4.14. The van der Waals surface area contributed by atoms with Gasteiger partial charge in [0.15, 0.2) is 0 Å². The number of hydrogen-bond donors (Lipinski definition) is 2. The first-order valence-corrected chi connectivity index (χ1v) is 7.76. The lowest BCUT2D eigenvalue weighted by atomic mass is 9.91. The van der Waals surface area contributed by atoms with E-state index in [0.717, 1.165) is 5.56 Å². The fraction of sp³-hybridized carbons (Fsp3) is 0.333. The van der Waals surface area contributed by atoms with Crippen molar-refractivity contribution in [3.63, 3.8) is 0 Å². The molecule has 0 fully saturated rings. The number of halogens is 3. The number of rotatable bonds is 4. The first-order valence-electron chi connectivity index (χ1n) is 7.76. The van der Waals surface area contributed by atoms with Gasteiger partial charge in [0.1, 0.15) is 11.5 Å². The number of ether oxygens (including phenoxy) is 2. The van der Waals surface area contributed by atoms with E-state index >= 15 is 0 Å². The second-order valence-electron chi connectivity index (χ2n) is 5.80. The van der Waals surface area contributed by atoms with Crippen molar-refractivity contribution in [3.05, 3.63) is 47.0 Å². The molecule has 1 heterocycles. The van der Waals surface area contributed by atoms with Crippen LogP contribution in [0.3, 0.4) is 0 Å². The first kappa shape index (κ1) is 17.6. The summed E-state index contributed by atoms with van der Waals surface area (Å²) >= 11 is 0. The molecule has 3 rings (SSSR count). The molecule has 1 aliphatic rings. The van der Waals surface area contributed by atoms with Crippen molar-refractivity contribution < 1.29 is 32.9 Å². The molecule has 0 aliphatic carbocycles. The molecular weight excluding hydrogens is 337 g/mol. The van der Waals surface area contributed by atoms with Gasteiger partial charge in [0.2, 0.25) is 0 Å². The average molecular weight is 354 g/mol. The van der Waals surface area contributed by atoms with Gasteiger partial charge in [0, 0.05) is 17.5 Å². The molecule has 0 bridgehead atoms. The molecule has 0 radical (unpaired) electrons. The van der Waals surface area contributed by atoms with Crippen molar-refractivity contribution in [2.75, 3.05) is 6.61 Å².